The van der Waals surface area contributed by atoms with Gasteiger partial charge < -0.3 is 16.0 Å². The minimum atomic E-state index is 0.309. The molecule has 6 nitrogen and oxygen atoms in total. The molecule has 1 fully saturated rings. The van der Waals surface area contributed by atoms with Gasteiger partial charge in [0.05, 0.1) is 0 Å². The molecule has 100 valence electrons. The Labute approximate surface area is 112 Å². The van der Waals surface area contributed by atoms with Crippen LogP contribution in [0.5, 0.6) is 0 Å². The fraction of sp³-hybridized carbons (Fsp3) is 0.636. The van der Waals surface area contributed by atoms with Crippen molar-refractivity contribution in [3.05, 3.63) is 11.3 Å². The maximum Gasteiger partial charge on any atom is 0.150 e. The lowest BCUT2D eigenvalue weighted by atomic mass is 10.2. The van der Waals surface area contributed by atoms with E-state index in [-0.39, 0.29) is 0 Å². The first-order valence-corrected chi connectivity index (χ1v) is 6.34. The molecule has 0 aromatic carbocycles. The molecule has 0 bridgehead atoms. The first-order chi connectivity index (χ1) is 8.58. The first kappa shape index (κ1) is 13.3. The Morgan fingerprint density at radius 2 is 2.22 bits per heavy atom. The Morgan fingerprint density at radius 1 is 1.44 bits per heavy atom. The van der Waals surface area contributed by atoms with E-state index in [1.165, 1.54) is 6.33 Å². The quantitative estimate of drug-likeness (QED) is 0.827. The lowest BCUT2D eigenvalue weighted by molar-refractivity contribution is 0.122. The maximum atomic E-state index is 6.04. The first-order valence-electron chi connectivity index (χ1n) is 5.96. The predicted octanol–water partition coefficient (Wildman–Crippen LogP) is 0.370. The molecular weight excluding hydrogens is 252 g/mol. The van der Waals surface area contributed by atoms with Crippen molar-refractivity contribution in [2.24, 2.45) is 0 Å². The van der Waals surface area contributed by atoms with Crippen molar-refractivity contribution >= 4 is 23.2 Å². The second-order valence-electron chi connectivity index (χ2n) is 4.70. The minimum Gasteiger partial charge on any atom is -0.382 e. The van der Waals surface area contributed by atoms with Crippen LogP contribution in [0, 0.1) is 0 Å². The van der Waals surface area contributed by atoms with E-state index in [1.807, 2.05) is 0 Å². The van der Waals surface area contributed by atoms with Crippen LogP contribution < -0.4 is 11.1 Å². The van der Waals surface area contributed by atoms with E-state index in [4.69, 9.17) is 17.3 Å². The summed E-state index contributed by atoms with van der Waals surface area (Å²) in [5.41, 5.74) is 5.64. The minimum absolute atomic E-state index is 0.309. The molecule has 0 saturated carbocycles. The van der Waals surface area contributed by atoms with E-state index >= 15 is 0 Å². The lowest BCUT2D eigenvalue weighted by Crippen LogP contribution is -2.52. The number of nitrogens with one attached hydrogen (secondary N) is 1. The van der Waals surface area contributed by atoms with E-state index in [2.05, 4.69) is 39.2 Å². The summed E-state index contributed by atoms with van der Waals surface area (Å²) in [6.07, 6.45) is 1.42. The maximum absolute atomic E-state index is 6.04. The summed E-state index contributed by atoms with van der Waals surface area (Å²) in [5, 5.41) is 3.64. The SMILES string of the molecule is CN1CCN(C)C(CNc2ncnc(N)c2Cl)C1. The summed E-state index contributed by atoms with van der Waals surface area (Å²) in [4.78, 5) is 12.6. The van der Waals surface area contributed by atoms with E-state index in [0.29, 0.717) is 22.7 Å². The molecule has 0 spiro atoms. The van der Waals surface area contributed by atoms with E-state index < -0.39 is 0 Å². The van der Waals surface area contributed by atoms with Gasteiger partial charge in [-0.2, -0.15) is 0 Å². The standard InChI is InChI=1S/C11H19ClN6/c1-17-3-4-18(2)8(6-17)5-14-11-9(12)10(13)15-7-16-11/h7-8H,3-6H2,1-2H3,(H3,13,14,15,16). The van der Waals surface area contributed by atoms with E-state index in [0.717, 1.165) is 26.2 Å². The van der Waals surface area contributed by atoms with Crippen molar-refractivity contribution in [2.75, 3.05) is 51.3 Å². The van der Waals surface area contributed by atoms with Gasteiger partial charge >= 0.3 is 0 Å². The van der Waals surface area contributed by atoms with Crippen LogP contribution in [-0.4, -0.2) is 66.1 Å². The van der Waals surface area contributed by atoms with Gasteiger partial charge in [0.15, 0.2) is 5.82 Å². The van der Waals surface area contributed by atoms with Crippen molar-refractivity contribution in [2.45, 2.75) is 6.04 Å². The largest absolute Gasteiger partial charge is 0.382 e. The zero-order valence-corrected chi connectivity index (χ0v) is 11.5. The number of nitrogens with zero attached hydrogens (tertiary/aromatic N) is 4. The fourth-order valence-electron chi connectivity index (χ4n) is 2.04. The Balaban J connectivity index is 1.96. The highest BCUT2D eigenvalue weighted by atomic mass is 35.5. The molecule has 7 heteroatoms. The number of hydrogen-bond acceptors (Lipinski definition) is 6. The fourth-order valence-corrected chi connectivity index (χ4v) is 2.21. The van der Waals surface area contributed by atoms with Crippen molar-refractivity contribution < 1.29 is 0 Å². The van der Waals surface area contributed by atoms with Gasteiger partial charge in [0.25, 0.3) is 0 Å². The molecular formula is C11H19ClN6. The highest BCUT2D eigenvalue weighted by Gasteiger charge is 2.22. The predicted molar refractivity (Wildman–Crippen MR) is 73.9 cm³/mol. The molecule has 18 heavy (non-hydrogen) atoms. The molecule has 2 rings (SSSR count). The average molecular weight is 271 g/mol. The second kappa shape index (κ2) is 5.69. The van der Waals surface area contributed by atoms with Gasteiger partial charge in [-0.3, -0.25) is 4.90 Å². The number of hydrogen-bond donors (Lipinski definition) is 2. The second-order valence-corrected chi connectivity index (χ2v) is 5.08. The van der Waals surface area contributed by atoms with Crippen molar-refractivity contribution in [1.82, 2.24) is 19.8 Å². The Morgan fingerprint density at radius 3 is 3.00 bits per heavy atom. The third-order valence-corrected chi connectivity index (χ3v) is 3.67. The number of nitrogen functional groups attached to an aromatic ring is 1. The van der Waals surface area contributed by atoms with Gasteiger partial charge in [-0.15, -0.1) is 0 Å². The normalized spacial score (nSPS) is 22.1. The average Bonchev–Trinajstić information content (AvgIpc) is 2.35. The van der Waals surface area contributed by atoms with Gasteiger partial charge in [-0.05, 0) is 14.1 Å². The Kier molecular flexibility index (Phi) is 4.21. The highest BCUT2D eigenvalue weighted by molar-refractivity contribution is 6.35. The molecule has 0 amide bonds. The number of aromatic nitrogens is 2. The third-order valence-electron chi connectivity index (χ3n) is 3.30. The monoisotopic (exact) mass is 270 g/mol. The highest BCUT2D eigenvalue weighted by Crippen LogP contribution is 2.23. The van der Waals surface area contributed by atoms with Gasteiger partial charge in [0, 0.05) is 32.2 Å². The van der Waals surface area contributed by atoms with Gasteiger partial charge in [0.1, 0.15) is 17.2 Å². The lowest BCUT2D eigenvalue weighted by Gasteiger charge is -2.37. The third kappa shape index (κ3) is 3.01. The molecule has 1 unspecified atom stereocenters. The molecule has 1 atom stereocenters. The summed E-state index contributed by atoms with van der Waals surface area (Å²) in [7, 11) is 4.27. The molecule has 1 aromatic heterocycles. The van der Waals surface area contributed by atoms with Gasteiger partial charge in [0.2, 0.25) is 0 Å². The van der Waals surface area contributed by atoms with Crippen molar-refractivity contribution in [1.29, 1.82) is 0 Å². The van der Waals surface area contributed by atoms with Crippen LogP contribution in [0.4, 0.5) is 11.6 Å². The van der Waals surface area contributed by atoms with E-state index in [1.54, 1.807) is 0 Å². The summed E-state index contributed by atoms with van der Waals surface area (Å²) < 4.78 is 0. The van der Waals surface area contributed by atoms with Crippen molar-refractivity contribution in [3.8, 4) is 0 Å². The number of likely N-dealkylation sites (N-methyl/N-ethyl adjacent to an activating group) is 2. The zero-order chi connectivity index (χ0) is 13.1. The number of piperazine rings is 1. The zero-order valence-electron chi connectivity index (χ0n) is 10.7. The number of nitrogens with two attached hydrogens (primary N) is 1. The van der Waals surface area contributed by atoms with E-state index in [9.17, 15) is 0 Å². The molecule has 1 aromatic rings. The molecule has 0 aliphatic carbocycles. The van der Waals surface area contributed by atoms with Gasteiger partial charge in [-0.1, -0.05) is 11.6 Å². The molecule has 3 N–H and O–H groups in total. The Bertz CT molecular complexity index is 413. The van der Waals surface area contributed by atoms with Gasteiger partial charge in [-0.25, -0.2) is 9.97 Å². The van der Waals surface area contributed by atoms with Crippen molar-refractivity contribution in [3.63, 3.8) is 0 Å². The summed E-state index contributed by atoms with van der Waals surface area (Å²) in [6.45, 7) is 4.00. The van der Waals surface area contributed by atoms with Crippen LogP contribution in [0.25, 0.3) is 0 Å². The van der Waals surface area contributed by atoms with Crippen LogP contribution in [-0.2, 0) is 0 Å². The number of rotatable bonds is 3. The summed E-state index contributed by atoms with van der Waals surface area (Å²) in [6, 6.07) is 0.441. The number of halogens is 1. The molecule has 2 heterocycles. The van der Waals surface area contributed by atoms with Crippen LogP contribution in [0.3, 0.4) is 0 Å². The topological polar surface area (TPSA) is 70.3 Å². The van der Waals surface area contributed by atoms with Crippen LogP contribution >= 0.6 is 11.6 Å². The molecule has 1 aliphatic rings. The molecule has 0 radical (unpaired) electrons. The van der Waals surface area contributed by atoms with Crippen LogP contribution in [0.1, 0.15) is 0 Å². The smallest absolute Gasteiger partial charge is 0.150 e. The van der Waals surface area contributed by atoms with Crippen LogP contribution in [0.15, 0.2) is 6.33 Å². The summed E-state index contributed by atoms with van der Waals surface area (Å²) >= 11 is 6.04. The number of anilines is 2. The molecule has 1 aliphatic heterocycles. The molecule has 1 saturated heterocycles. The van der Waals surface area contributed by atoms with Crippen LogP contribution in [0.2, 0.25) is 5.02 Å². The summed E-state index contributed by atoms with van der Waals surface area (Å²) in [5.74, 6) is 0.911. The Hall–Kier alpha value is -1.11.